The summed E-state index contributed by atoms with van der Waals surface area (Å²) in [4.78, 5) is 4.14. The molecule has 16 heavy (non-hydrogen) atoms. The third-order valence-electron chi connectivity index (χ3n) is 2.61. The SMILES string of the molecule is CSc1cc(C(C)CN)cc(SC)c1SC. The first-order valence-electron chi connectivity index (χ1n) is 5.17. The van der Waals surface area contributed by atoms with E-state index in [1.807, 2.05) is 35.3 Å². The number of hydrogen-bond acceptors (Lipinski definition) is 4. The number of benzene rings is 1. The molecule has 0 fully saturated rings. The Morgan fingerprint density at radius 1 is 1.06 bits per heavy atom. The maximum atomic E-state index is 5.74. The fourth-order valence-electron chi connectivity index (χ4n) is 1.52. The Morgan fingerprint density at radius 2 is 1.56 bits per heavy atom. The Bertz CT molecular complexity index is 327. The van der Waals surface area contributed by atoms with E-state index in [-0.39, 0.29) is 0 Å². The first-order valence-corrected chi connectivity index (χ1v) is 8.85. The molecule has 0 saturated carbocycles. The number of thioether (sulfide) groups is 3. The molecular formula is C12H19NS3. The van der Waals surface area contributed by atoms with Gasteiger partial charge in [0.25, 0.3) is 0 Å². The van der Waals surface area contributed by atoms with E-state index in [0.29, 0.717) is 12.5 Å². The highest BCUT2D eigenvalue weighted by Crippen LogP contribution is 2.38. The minimum absolute atomic E-state index is 0.438. The molecule has 1 aromatic rings. The molecule has 0 aliphatic carbocycles. The summed E-state index contributed by atoms with van der Waals surface area (Å²) >= 11 is 5.46. The quantitative estimate of drug-likeness (QED) is 0.823. The minimum atomic E-state index is 0.438. The Hall–Kier alpha value is 0.230. The molecule has 0 amide bonds. The Morgan fingerprint density at radius 3 is 1.88 bits per heavy atom. The van der Waals surface area contributed by atoms with Gasteiger partial charge in [-0.2, -0.15) is 0 Å². The zero-order valence-corrected chi connectivity index (χ0v) is 12.7. The molecule has 0 aromatic heterocycles. The van der Waals surface area contributed by atoms with Gasteiger partial charge in [-0.25, -0.2) is 0 Å². The molecule has 1 aromatic carbocycles. The van der Waals surface area contributed by atoms with Gasteiger partial charge in [-0.05, 0) is 48.9 Å². The Balaban J connectivity index is 3.25. The second kappa shape index (κ2) is 6.84. The summed E-state index contributed by atoms with van der Waals surface area (Å²) in [5.41, 5.74) is 7.09. The Labute approximate surface area is 111 Å². The molecule has 0 heterocycles. The summed E-state index contributed by atoms with van der Waals surface area (Å²) < 4.78 is 0. The smallest absolute Gasteiger partial charge is 0.0341 e. The predicted octanol–water partition coefficient (Wildman–Crippen LogP) is 3.91. The van der Waals surface area contributed by atoms with Crippen LogP contribution < -0.4 is 5.73 Å². The third-order valence-corrected chi connectivity index (χ3v) is 5.24. The highest BCUT2D eigenvalue weighted by molar-refractivity contribution is 8.03. The zero-order valence-electron chi connectivity index (χ0n) is 10.2. The molecule has 0 aliphatic heterocycles. The molecule has 1 unspecified atom stereocenters. The van der Waals surface area contributed by atoms with Gasteiger partial charge in [-0.3, -0.25) is 0 Å². The zero-order chi connectivity index (χ0) is 12.1. The summed E-state index contributed by atoms with van der Waals surface area (Å²) in [5.74, 6) is 0.438. The van der Waals surface area contributed by atoms with E-state index < -0.39 is 0 Å². The van der Waals surface area contributed by atoms with Crippen LogP contribution in [-0.4, -0.2) is 25.3 Å². The highest BCUT2D eigenvalue weighted by atomic mass is 32.2. The summed E-state index contributed by atoms with van der Waals surface area (Å²) in [6.45, 7) is 2.89. The summed E-state index contributed by atoms with van der Waals surface area (Å²) in [6.07, 6.45) is 6.41. The topological polar surface area (TPSA) is 26.0 Å². The molecule has 1 nitrogen and oxygen atoms in total. The average Bonchev–Trinajstić information content (AvgIpc) is 2.35. The number of hydrogen-bond donors (Lipinski definition) is 1. The van der Waals surface area contributed by atoms with Crippen LogP contribution in [0.5, 0.6) is 0 Å². The molecule has 0 saturated heterocycles. The van der Waals surface area contributed by atoms with Crippen molar-refractivity contribution in [1.29, 1.82) is 0 Å². The Kier molecular flexibility index (Phi) is 6.11. The minimum Gasteiger partial charge on any atom is -0.330 e. The van der Waals surface area contributed by atoms with E-state index in [1.54, 1.807) is 0 Å². The molecule has 1 atom stereocenters. The summed E-state index contributed by atoms with van der Waals surface area (Å²) in [5, 5.41) is 0. The van der Waals surface area contributed by atoms with Gasteiger partial charge in [-0.1, -0.05) is 6.92 Å². The predicted molar refractivity (Wildman–Crippen MR) is 79.3 cm³/mol. The van der Waals surface area contributed by atoms with Gasteiger partial charge in [0, 0.05) is 14.7 Å². The molecule has 4 heteroatoms. The number of nitrogens with two attached hydrogens (primary N) is 1. The van der Waals surface area contributed by atoms with Crippen LogP contribution in [0, 0.1) is 0 Å². The van der Waals surface area contributed by atoms with Crippen molar-refractivity contribution in [3.05, 3.63) is 17.7 Å². The molecule has 0 bridgehead atoms. The highest BCUT2D eigenvalue weighted by Gasteiger charge is 2.12. The largest absolute Gasteiger partial charge is 0.330 e. The molecular weight excluding hydrogens is 254 g/mol. The van der Waals surface area contributed by atoms with Crippen LogP contribution in [0.3, 0.4) is 0 Å². The van der Waals surface area contributed by atoms with Crippen molar-refractivity contribution in [2.45, 2.75) is 27.5 Å². The van der Waals surface area contributed by atoms with Crippen LogP contribution in [-0.2, 0) is 0 Å². The van der Waals surface area contributed by atoms with Crippen molar-refractivity contribution in [3.63, 3.8) is 0 Å². The molecule has 90 valence electrons. The summed E-state index contributed by atoms with van der Waals surface area (Å²) in [7, 11) is 0. The maximum absolute atomic E-state index is 5.74. The second-order valence-corrected chi connectivity index (χ2v) is 6.11. The van der Waals surface area contributed by atoms with Crippen molar-refractivity contribution >= 4 is 35.3 Å². The van der Waals surface area contributed by atoms with E-state index in [9.17, 15) is 0 Å². The molecule has 1 rings (SSSR count). The van der Waals surface area contributed by atoms with Crippen LogP contribution >= 0.6 is 35.3 Å². The maximum Gasteiger partial charge on any atom is 0.0341 e. The molecule has 0 aliphatic rings. The van der Waals surface area contributed by atoms with E-state index >= 15 is 0 Å². The molecule has 2 N–H and O–H groups in total. The summed E-state index contributed by atoms with van der Waals surface area (Å²) in [6, 6.07) is 4.57. The standard InChI is InChI=1S/C12H19NS3/c1-8(7-13)9-5-10(14-2)12(16-4)11(6-9)15-3/h5-6,8H,7,13H2,1-4H3. The molecule has 0 spiro atoms. The van der Waals surface area contributed by atoms with Gasteiger partial charge in [0.05, 0.1) is 0 Å². The van der Waals surface area contributed by atoms with Crippen LogP contribution in [0.4, 0.5) is 0 Å². The number of rotatable bonds is 5. The lowest BCUT2D eigenvalue weighted by atomic mass is 10.0. The van der Waals surface area contributed by atoms with Crippen molar-refractivity contribution in [2.24, 2.45) is 5.73 Å². The lowest BCUT2D eigenvalue weighted by Crippen LogP contribution is -2.09. The third kappa shape index (κ3) is 3.13. The van der Waals surface area contributed by atoms with Crippen molar-refractivity contribution in [1.82, 2.24) is 0 Å². The fraction of sp³-hybridized carbons (Fsp3) is 0.500. The average molecular weight is 273 g/mol. The van der Waals surface area contributed by atoms with E-state index in [0.717, 1.165) is 0 Å². The van der Waals surface area contributed by atoms with Crippen LogP contribution in [0.15, 0.2) is 26.8 Å². The first-order chi connectivity index (χ1) is 7.67. The van der Waals surface area contributed by atoms with Crippen LogP contribution in [0.2, 0.25) is 0 Å². The van der Waals surface area contributed by atoms with E-state index in [1.165, 1.54) is 20.2 Å². The van der Waals surface area contributed by atoms with Gasteiger partial charge in [-0.15, -0.1) is 35.3 Å². The van der Waals surface area contributed by atoms with E-state index in [4.69, 9.17) is 5.73 Å². The van der Waals surface area contributed by atoms with Gasteiger partial charge < -0.3 is 5.73 Å². The van der Waals surface area contributed by atoms with Gasteiger partial charge in [0.2, 0.25) is 0 Å². The van der Waals surface area contributed by atoms with Gasteiger partial charge in [0.1, 0.15) is 0 Å². The lowest BCUT2D eigenvalue weighted by Gasteiger charge is -2.16. The molecule has 0 radical (unpaired) electrons. The fourth-order valence-corrected chi connectivity index (χ4v) is 4.21. The van der Waals surface area contributed by atoms with Crippen LogP contribution in [0.25, 0.3) is 0 Å². The van der Waals surface area contributed by atoms with Gasteiger partial charge >= 0.3 is 0 Å². The van der Waals surface area contributed by atoms with Crippen LogP contribution in [0.1, 0.15) is 18.4 Å². The van der Waals surface area contributed by atoms with Crippen molar-refractivity contribution < 1.29 is 0 Å². The normalized spacial score (nSPS) is 12.8. The van der Waals surface area contributed by atoms with Gasteiger partial charge in [0.15, 0.2) is 0 Å². The second-order valence-electron chi connectivity index (χ2n) is 3.60. The van der Waals surface area contributed by atoms with Crippen molar-refractivity contribution in [2.75, 3.05) is 25.3 Å². The van der Waals surface area contributed by atoms with Crippen molar-refractivity contribution in [3.8, 4) is 0 Å². The lowest BCUT2D eigenvalue weighted by molar-refractivity contribution is 0.764. The first kappa shape index (κ1) is 14.3. The monoisotopic (exact) mass is 273 g/mol. The van der Waals surface area contributed by atoms with E-state index in [2.05, 4.69) is 37.8 Å².